The second-order valence-corrected chi connectivity index (χ2v) is 11.9. The van der Waals surface area contributed by atoms with Gasteiger partial charge in [0, 0.05) is 15.8 Å². The Morgan fingerprint density at radius 1 is 1.07 bits per heavy atom. The molecule has 232 valence electrons. The minimum absolute atomic E-state index is 0.00639. The summed E-state index contributed by atoms with van der Waals surface area (Å²) >= 11 is 7.43. The van der Waals surface area contributed by atoms with Crippen LogP contribution in [0.15, 0.2) is 66.6 Å². The van der Waals surface area contributed by atoms with Crippen molar-refractivity contribution in [3.05, 3.63) is 41.7 Å². The van der Waals surface area contributed by atoms with Gasteiger partial charge in [-0.3, -0.25) is 18.8 Å². The second-order valence-electron chi connectivity index (χ2n) is 7.38. The van der Waals surface area contributed by atoms with Crippen LogP contribution in [0.2, 0.25) is 5.28 Å². The van der Waals surface area contributed by atoms with E-state index in [1.54, 1.807) is 6.11 Å². The lowest BCUT2D eigenvalue weighted by Crippen LogP contribution is -2.03. The van der Waals surface area contributed by atoms with Crippen molar-refractivity contribution in [2.24, 2.45) is 15.2 Å². The average Bonchev–Trinajstić information content (AvgIpc) is 2.93. The second kappa shape index (κ2) is 15.6. The molecular formula is C21H16ClN7O11S4. The van der Waals surface area contributed by atoms with Crippen LogP contribution >= 0.6 is 35.1 Å². The van der Waals surface area contributed by atoms with E-state index in [2.05, 4.69) is 50.0 Å². The minimum Gasteiger partial charge on any atom is -0.486 e. The highest BCUT2D eigenvalue weighted by Crippen LogP contribution is 2.35. The molecule has 1 aromatic heterocycles. The van der Waals surface area contributed by atoms with Crippen LogP contribution in [0.3, 0.4) is 0 Å². The highest BCUT2D eigenvalue weighted by Gasteiger charge is 2.17. The molecule has 44 heavy (non-hydrogen) atoms. The number of benzene rings is 2. The summed E-state index contributed by atoms with van der Waals surface area (Å²) in [4.78, 5) is 30.4. The van der Waals surface area contributed by atoms with E-state index < -0.39 is 31.4 Å². The van der Waals surface area contributed by atoms with Gasteiger partial charge < -0.3 is 15.2 Å². The molecule has 3 aromatic rings. The van der Waals surface area contributed by atoms with E-state index in [1.165, 1.54) is 37.4 Å². The number of carboxylic acid groups (broad SMARTS) is 1. The first kappa shape index (κ1) is 34.4. The zero-order valence-electron chi connectivity index (χ0n) is 21.6. The van der Waals surface area contributed by atoms with Gasteiger partial charge in [-0.25, -0.2) is 4.99 Å². The number of aliphatic imine (C=N–C) groups is 1. The first-order valence-corrected chi connectivity index (χ1v) is 16.0. The number of rotatable bonds is 13. The molecule has 0 fully saturated rings. The third-order valence-corrected chi connectivity index (χ3v) is 7.09. The SMILES string of the molecule is COC=Nc1cc(Nc2nc(Cl)nc(SCC(=O)O)n2)ccc1N=Nc1ccc(SC#COOS(=O)(=O)O)cc1S(=O)(=O)O. The fourth-order valence-electron chi connectivity index (χ4n) is 2.72. The van der Waals surface area contributed by atoms with E-state index in [0.29, 0.717) is 17.4 Å². The Morgan fingerprint density at radius 2 is 1.80 bits per heavy atom. The average molecular weight is 706 g/mol. The number of aliphatic carboxylic acids is 1. The van der Waals surface area contributed by atoms with Crippen LogP contribution in [0.4, 0.5) is 28.7 Å². The van der Waals surface area contributed by atoms with Gasteiger partial charge in [0.2, 0.25) is 11.2 Å². The monoisotopic (exact) mass is 705 g/mol. The normalized spacial score (nSPS) is 11.7. The third kappa shape index (κ3) is 11.5. The standard InChI is InChI=1S/C21H16ClN7O11S4/c1-38-11-23-16-8-12(24-20-25-19(22)26-21(27-20)42-10-18(30)31)2-4-14(16)28-29-15-5-3-13(9-17(15)43(32,33)34)41-7-6-39-40-44(35,36)37/h2-5,8-9,11H,10H2,1H3,(H,30,31)(H,32,33,34)(H,35,36,37)(H,24,25,26,27). The van der Waals surface area contributed by atoms with Crippen molar-refractivity contribution in [2.75, 3.05) is 18.2 Å². The number of aromatic nitrogens is 3. The summed E-state index contributed by atoms with van der Waals surface area (Å²) in [7, 11) is -8.33. The quantitative estimate of drug-likeness (QED) is 0.0284. The molecule has 0 unspecified atom stereocenters. The van der Waals surface area contributed by atoms with E-state index in [1.807, 2.05) is 0 Å². The number of carboxylic acids is 1. The molecular weight excluding hydrogens is 690 g/mol. The van der Waals surface area contributed by atoms with E-state index in [4.69, 9.17) is 26.0 Å². The molecule has 0 saturated heterocycles. The highest BCUT2D eigenvalue weighted by atomic mass is 35.5. The Morgan fingerprint density at radius 3 is 2.48 bits per heavy atom. The van der Waals surface area contributed by atoms with Crippen molar-refractivity contribution in [3.63, 3.8) is 0 Å². The molecule has 2 aromatic carbocycles. The van der Waals surface area contributed by atoms with Gasteiger partial charge in [0.05, 0.1) is 18.6 Å². The van der Waals surface area contributed by atoms with Crippen LogP contribution in [0.25, 0.3) is 0 Å². The number of hydrogen-bond acceptors (Lipinski definition) is 17. The van der Waals surface area contributed by atoms with E-state index in [9.17, 15) is 26.2 Å². The number of hydrogen-bond donors (Lipinski definition) is 4. The number of nitrogens with zero attached hydrogens (tertiary/aromatic N) is 6. The van der Waals surface area contributed by atoms with Crippen LogP contribution in [0, 0.1) is 11.4 Å². The molecule has 1 heterocycles. The number of azo groups is 1. The maximum absolute atomic E-state index is 12.0. The number of nitrogens with one attached hydrogen (secondary N) is 1. The Labute approximate surface area is 262 Å². The minimum atomic E-state index is -4.88. The largest absolute Gasteiger partial charge is 0.486 e. The predicted octanol–water partition coefficient (Wildman–Crippen LogP) is 4.18. The first-order chi connectivity index (χ1) is 20.7. The van der Waals surface area contributed by atoms with Crippen molar-refractivity contribution in [2.45, 2.75) is 14.9 Å². The zero-order chi connectivity index (χ0) is 32.3. The number of halogens is 1. The summed E-state index contributed by atoms with van der Waals surface area (Å²) in [5.41, 5.74) is 0.447. The lowest BCUT2D eigenvalue weighted by molar-refractivity contribution is -0.135. The fraction of sp³-hybridized carbons (Fsp3) is 0.0952. The maximum Gasteiger partial charge on any atom is 0.433 e. The Balaban J connectivity index is 1.87. The molecule has 0 amide bonds. The number of anilines is 2. The zero-order valence-corrected chi connectivity index (χ0v) is 25.6. The molecule has 0 aliphatic carbocycles. The number of ether oxygens (including phenoxy) is 1. The van der Waals surface area contributed by atoms with Crippen molar-refractivity contribution < 1.29 is 49.8 Å². The van der Waals surface area contributed by atoms with Crippen LogP contribution in [-0.4, -0.2) is 71.2 Å². The topological polar surface area (TPSA) is 262 Å². The summed E-state index contributed by atoms with van der Waals surface area (Å²) in [6.07, 6.45) is 2.89. The molecule has 0 bridgehead atoms. The highest BCUT2D eigenvalue weighted by molar-refractivity contribution is 8.04. The maximum atomic E-state index is 12.0. The Bertz CT molecular complexity index is 1880. The van der Waals surface area contributed by atoms with Gasteiger partial charge in [-0.05, 0) is 64.1 Å². The number of carbonyl (C=O) groups is 1. The lowest BCUT2D eigenvalue weighted by Gasteiger charge is -2.08. The van der Waals surface area contributed by atoms with Gasteiger partial charge in [-0.1, -0.05) is 11.8 Å². The van der Waals surface area contributed by atoms with Crippen LogP contribution < -0.4 is 5.32 Å². The lowest BCUT2D eigenvalue weighted by atomic mass is 10.2. The van der Waals surface area contributed by atoms with Crippen molar-refractivity contribution >= 4 is 96.7 Å². The van der Waals surface area contributed by atoms with E-state index >= 15 is 0 Å². The molecule has 4 N–H and O–H groups in total. The molecule has 0 spiro atoms. The van der Waals surface area contributed by atoms with E-state index in [-0.39, 0.29) is 44.1 Å². The van der Waals surface area contributed by atoms with Crippen LogP contribution in [-0.2, 0) is 39.3 Å². The molecule has 3 rings (SSSR count). The Kier molecular flexibility index (Phi) is 12.2. The summed E-state index contributed by atoms with van der Waals surface area (Å²) < 4.78 is 71.4. The van der Waals surface area contributed by atoms with Crippen molar-refractivity contribution in [3.8, 4) is 11.4 Å². The first-order valence-electron chi connectivity index (χ1n) is 11.0. The fourth-order valence-corrected chi connectivity index (χ4v) is 4.83. The molecule has 23 heteroatoms. The summed E-state index contributed by atoms with van der Waals surface area (Å²) in [5.74, 6) is -1.36. The van der Waals surface area contributed by atoms with Gasteiger partial charge >= 0.3 is 16.4 Å². The van der Waals surface area contributed by atoms with Gasteiger partial charge in [0.1, 0.15) is 16.3 Å². The number of methoxy groups -OCH3 is 1. The Hall–Kier alpha value is -4.08. The van der Waals surface area contributed by atoms with E-state index in [0.717, 1.165) is 24.2 Å². The molecule has 18 nitrogen and oxygen atoms in total. The van der Waals surface area contributed by atoms with Crippen LogP contribution in [0.5, 0.6) is 0 Å². The summed E-state index contributed by atoms with van der Waals surface area (Å²) in [6.45, 7) is 0. The predicted molar refractivity (Wildman–Crippen MR) is 156 cm³/mol. The summed E-state index contributed by atoms with van der Waals surface area (Å²) in [6, 6.07) is 8.07. The molecule has 0 radical (unpaired) electrons. The van der Waals surface area contributed by atoms with Gasteiger partial charge in [-0.2, -0.15) is 31.8 Å². The van der Waals surface area contributed by atoms with Gasteiger partial charge in [0.15, 0.2) is 17.7 Å². The smallest absolute Gasteiger partial charge is 0.433 e. The van der Waals surface area contributed by atoms with Crippen LogP contribution in [0.1, 0.15) is 0 Å². The molecule has 0 atom stereocenters. The van der Waals surface area contributed by atoms with Crippen molar-refractivity contribution in [1.29, 1.82) is 0 Å². The van der Waals surface area contributed by atoms with Gasteiger partial charge in [-0.15, -0.1) is 10.2 Å². The molecule has 0 aliphatic rings. The van der Waals surface area contributed by atoms with Gasteiger partial charge in [0.25, 0.3) is 10.1 Å². The summed E-state index contributed by atoms with van der Waals surface area (Å²) in [5, 5.41) is 21.8. The third-order valence-electron chi connectivity index (χ3n) is 4.29. The molecule has 0 aliphatic heterocycles. The van der Waals surface area contributed by atoms with Crippen molar-refractivity contribution in [1.82, 2.24) is 15.0 Å². The number of thioether (sulfide) groups is 2. The molecule has 0 saturated carbocycles.